The molecule has 3 heterocycles. The van der Waals surface area contributed by atoms with E-state index in [-0.39, 0.29) is 0 Å². The first-order chi connectivity index (χ1) is 24.2. The van der Waals surface area contributed by atoms with Crippen molar-refractivity contribution in [2.45, 2.75) is 19.3 Å². The van der Waals surface area contributed by atoms with Gasteiger partial charge in [0.1, 0.15) is 22.3 Å². The Labute approximate surface area is 282 Å². The summed E-state index contributed by atoms with van der Waals surface area (Å²) in [7, 11) is 0. The SMILES string of the molecule is C=c1oc2ccccc2/c1=C/C=C\CC1=C(c2nc(-c3ccccc3)nc(-c3ccc4ccccc4c3)n2)c2c(oc3ccccc23)CC1. The predicted molar refractivity (Wildman–Crippen MR) is 198 cm³/mol. The molecule has 5 aromatic carbocycles. The molecule has 0 aliphatic heterocycles. The molecule has 0 radical (unpaired) electrons. The van der Waals surface area contributed by atoms with E-state index >= 15 is 0 Å². The summed E-state index contributed by atoms with van der Waals surface area (Å²) >= 11 is 0. The van der Waals surface area contributed by atoms with Gasteiger partial charge in [0, 0.05) is 44.7 Å². The van der Waals surface area contributed by atoms with Crippen LogP contribution in [-0.2, 0) is 6.42 Å². The summed E-state index contributed by atoms with van der Waals surface area (Å²) < 4.78 is 12.3. The van der Waals surface area contributed by atoms with Gasteiger partial charge >= 0.3 is 0 Å². The van der Waals surface area contributed by atoms with Crippen molar-refractivity contribution in [3.63, 3.8) is 0 Å². The zero-order valence-corrected chi connectivity index (χ0v) is 26.8. The second-order valence-corrected chi connectivity index (χ2v) is 12.3. The molecular weight excluding hydrogens is 603 g/mol. The van der Waals surface area contributed by atoms with Crippen LogP contribution < -0.4 is 10.6 Å². The number of rotatable bonds is 6. The van der Waals surface area contributed by atoms with Crippen LogP contribution in [0.1, 0.15) is 30.0 Å². The molecule has 5 nitrogen and oxygen atoms in total. The molecule has 8 aromatic rings. The van der Waals surface area contributed by atoms with Crippen LogP contribution in [0.15, 0.2) is 148 Å². The van der Waals surface area contributed by atoms with Crippen LogP contribution in [0.2, 0.25) is 0 Å². The highest BCUT2D eigenvalue weighted by atomic mass is 16.3. The van der Waals surface area contributed by atoms with Gasteiger partial charge in [-0.3, -0.25) is 0 Å². The zero-order chi connectivity index (χ0) is 32.7. The number of hydrogen-bond donors (Lipinski definition) is 0. The monoisotopic (exact) mass is 633 g/mol. The lowest BCUT2D eigenvalue weighted by atomic mass is 9.86. The van der Waals surface area contributed by atoms with E-state index in [9.17, 15) is 0 Å². The number of furan rings is 2. The van der Waals surface area contributed by atoms with Crippen molar-refractivity contribution in [2.75, 3.05) is 0 Å². The fraction of sp³-hybridized carbons (Fsp3) is 0.0682. The Morgan fingerprint density at radius 2 is 1.29 bits per heavy atom. The maximum absolute atomic E-state index is 6.45. The normalized spacial score (nSPS) is 13.7. The van der Waals surface area contributed by atoms with E-state index in [4.69, 9.17) is 23.8 Å². The Kier molecular flexibility index (Phi) is 7.09. The summed E-state index contributed by atoms with van der Waals surface area (Å²) in [5, 5.41) is 5.44. The lowest BCUT2D eigenvalue weighted by molar-refractivity contribution is 0.541. The molecule has 0 amide bonds. The van der Waals surface area contributed by atoms with Crippen molar-refractivity contribution in [3.05, 3.63) is 167 Å². The topological polar surface area (TPSA) is 65.0 Å². The maximum Gasteiger partial charge on any atom is 0.164 e. The van der Waals surface area contributed by atoms with E-state index in [0.717, 1.165) is 79.8 Å². The Morgan fingerprint density at radius 1 is 0.612 bits per heavy atom. The molecule has 0 saturated carbocycles. The molecule has 49 heavy (non-hydrogen) atoms. The first kappa shape index (κ1) is 28.9. The number of fused-ring (bicyclic) bond motifs is 5. The molecule has 0 N–H and O–H groups in total. The van der Waals surface area contributed by atoms with Gasteiger partial charge in [-0.2, -0.15) is 0 Å². The predicted octanol–water partition coefficient (Wildman–Crippen LogP) is 9.44. The van der Waals surface area contributed by atoms with Crippen molar-refractivity contribution < 1.29 is 8.83 Å². The number of benzene rings is 5. The highest BCUT2D eigenvalue weighted by Gasteiger charge is 2.28. The van der Waals surface area contributed by atoms with Crippen molar-refractivity contribution >= 4 is 50.9 Å². The second-order valence-electron chi connectivity index (χ2n) is 12.3. The molecular formula is C44H31N3O2. The van der Waals surface area contributed by atoms with Crippen LogP contribution in [-0.4, -0.2) is 15.0 Å². The molecule has 3 aromatic heterocycles. The van der Waals surface area contributed by atoms with Gasteiger partial charge in [-0.25, -0.2) is 15.0 Å². The van der Waals surface area contributed by atoms with Crippen molar-refractivity contribution in [3.8, 4) is 22.8 Å². The van der Waals surface area contributed by atoms with Gasteiger partial charge in [0.25, 0.3) is 0 Å². The standard InChI is InChI=1S/C44H31N3O2/c1-28-34(35-19-9-11-21-37(35)48-28)18-8-7-14-30-25-26-39-41(36-20-10-12-22-38(36)49-39)40(30)44-46-42(31-15-3-2-4-16-31)45-43(47-44)33-24-23-29-13-5-6-17-32(29)27-33/h2-13,15-24,27H,1,14,25-26H2/b8-7-,34-18+. The minimum Gasteiger partial charge on any atom is -0.460 e. The summed E-state index contributed by atoms with van der Waals surface area (Å²) in [6.07, 6.45) is 8.76. The first-order valence-corrected chi connectivity index (χ1v) is 16.6. The Balaban J connectivity index is 1.23. The number of para-hydroxylation sites is 2. The maximum atomic E-state index is 6.45. The van der Waals surface area contributed by atoms with Gasteiger partial charge in [-0.15, -0.1) is 0 Å². The average molecular weight is 634 g/mol. The molecule has 234 valence electrons. The highest BCUT2D eigenvalue weighted by Crippen LogP contribution is 2.42. The molecule has 0 atom stereocenters. The van der Waals surface area contributed by atoms with Gasteiger partial charge < -0.3 is 8.83 Å². The van der Waals surface area contributed by atoms with Crippen LogP contribution in [0.5, 0.6) is 0 Å². The van der Waals surface area contributed by atoms with E-state index in [0.29, 0.717) is 22.9 Å². The fourth-order valence-electron chi connectivity index (χ4n) is 6.92. The minimum atomic E-state index is 0.638. The van der Waals surface area contributed by atoms with E-state index in [1.807, 2.05) is 60.7 Å². The quantitative estimate of drug-likeness (QED) is 0.183. The van der Waals surface area contributed by atoms with Gasteiger partial charge in [-0.1, -0.05) is 134 Å². The number of nitrogens with zero attached hydrogens (tertiary/aromatic N) is 3. The van der Waals surface area contributed by atoms with Gasteiger partial charge in [0.05, 0.1) is 0 Å². The highest BCUT2D eigenvalue weighted by molar-refractivity contribution is 5.98. The third kappa shape index (κ3) is 5.26. The van der Waals surface area contributed by atoms with Crippen LogP contribution in [0, 0.1) is 0 Å². The molecule has 0 bridgehead atoms. The van der Waals surface area contributed by atoms with E-state index in [2.05, 4.69) is 85.5 Å². The summed E-state index contributed by atoms with van der Waals surface area (Å²) in [6, 6.07) is 41.2. The third-order valence-electron chi connectivity index (χ3n) is 9.30. The van der Waals surface area contributed by atoms with Crippen LogP contribution in [0.3, 0.4) is 0 Å². The largest absolute Gasteiger partial charge is 0.460 e. The summed E-state index contributed by atoms with van der Waals surface area (Å²) in [4.78, 5) is 15.5. The third-order valence-corrected chi connectivity index (χ3v) is 9.30. The smallest absolute Gasteiger partial charge is 0.164 e. The summed E-state index contributed by atoms with van der Waals surface area (Å²) in [5.41, 5.74) is 7.61. The number of hydrogen-bond acceptors (Lipinski definition) is 5. The van der Waals surface area contributed by atoms with Gasteiger partial charge in [0.2, 0.25) is 0 Å². The summed E-state index contributed by atoms with van der Waals surface area (Å²) in [5.74, 6) is 2.90. The van der Waals surface area contributed by atoms with Crippen molar-refractivity contribution in [2.24, 2.45) is 0 Å². The molecule has 0 saturated heterocycles. The summed E-state index contributed by atoms with van der Waals surface area (Å²) in [6.45, 7) is 4.14. The minimum absolute atomic E-state index is 0.638. The van der Waals surface area contributed by atoms with Crippen molar-refractivity contribution in [1.29, 1.82) is 0 Å². The second kappa shape index (κ2) is 12.0. The zero-order valence-electron chi connectivity index (χ0n) is 26.8. The molecule has 0 fully saturated rings. The lowest BCUT2D eigenvalue weighted by Crippen LogP contribution is -2.17. The lowest BCUT2D eigenvalue weighted by Gasteiger charge is -2.20. The molecule has 5 heteroatoms. The van der Waals surface area contributed by atoms with Gasteiger partial charge in [0.15, 0.2) is 17.5 Å². The number of aromatic nitrogens is 3. The molecule has 9 rings (SSSR count). The van der Waals surface area contributed by atoms with E-state index in [1.165, 1.54) is 11.0 Å². The van der Waals surface area contributed by atoms with Gasteiger partial charge in [-0.05, 0) is 41.8 Å². The Hall–Kier alpha value is -6.33. The molecule has 0 spiro atoms. The van der Waals surface area contributed by atoms with E-state index in [1.54, 1.807) is 0 Å². The van der Waals surface area contributed by atoms with E-state index < -0.39 is 0 Å². The molecule has 0 unspecified atom stereocenters. The molecule has 1 aliphatic carbocycles. The Morgan fingerprint density at radius 3 is 2.12 bits per heavy atom. The number of aryl methyl sites for hydroxylation is 1. The Bertz CT molecular complexity index is 2720. The van der Waals surface area contributed by atoms with Crippen LogP contribution in [0.25, 0.3) is 73.7 Å². The average Bonchev–Trinajstić information content (AvgIpc) is 3.69. The first-order valence-electron chi connectivity index (χ1n) is 16.6. The van der Waals surface area contributed by atoms with Crippen molar-refractivity contribution in [1.82, 2.24) is 15.0 Å². The van der Waals surface area contributed by atoms with Crippen LogP contribution in [0.4, 0.5) is 0 Å². The molecule has 1 aliphatic rings. The van der Waals surface area contributed by atoms with Crippen LogP contribution >= 0.6 is 0 Å². The number of allylic oxidation sites excluding steroid dienone is 3. The fourth-order valence-corrected chi connectivity index (χ4v) is 6.92.